The van der Waals surface area contributed by atoms with E-state index in [9.17, 15) is 8.78 Å². The Morgan fingerprint density at radius 2 is 1.75 bits per heavy atom. The summed E-state index contributed by atoms with van der Waals surface area (Å²) in [5.41, 5.74) is 0.574. The smallest absolute Gasteiger partial charge is 0.152 e. The third-order valence-corrected chi connectivity index (χ3v) is 5.17. The number of aryl methyl sites for hydroxylation is 1. The topological polar surface area (TPSA) is 12.0 Å². The van der Waals surface area contributed by atoms with Gasteiger partial charge in [0.05, 0.1) is 0 Å². The van der Waals surface area contributed by atoms with Crippen LogP contribution in [0, 0.1) is 30.4 Å². The van der Waals surface area contributed by atoms with Crippen molar-refractivity contribution in [3.05, 3.63) is 29.3 Å². The second kappa shape index (κ2) is 5.71. The minimum atomic E-state index is -0.473. The zero-order chi connectivity index (χ0) is 14.1. The van der Waals surface area contributed by atoms with Crippen molar-refractivity contribution in [2.24, 2.45) is 11.8 Å². The second-order valence-corrected chi connectivity index (χ2v) is 6.51. The molecule has 1 aromatic rings. The van der Waals surface area contributed by atoms with E-state index in [0.29, 0.717) is 5.56 Å². The fraction of sp³-hybridized carbons (Fsp3) is 0.647. The first-order chi connectivity index (χ1) is 9.65. The van der Waals surface area contributed by atoms with Crippen molar-refractivity contribution in [3.8, 4) is 0 Å². The molecule has 0 aliphatic heterocycles. The van der Waals surface area contributed by atoms with Crippen molar-refractivity contribution in [2.45, 2.75) is 57.9 Å². The molecule has 2 aliphatic rings. The van der Waals surface area contributed by atoms with E-state index in [1.807, 2.05) is 0 Å². The molecule has 3 heteroatoms. The van der Waals surface area contributed by atoms with E-state index >= 15 is 0 Å². The van der Waals surface area contributed by atoms with Crippen LogP contribution < -0.4 is 5.32 Å². The maximum Gasteiger partial charge on any atom is 0.152 e. The summed E-state index contributed by atoms with van der Waals surface area (Å²) in [5.74, 6) is 0.703. The maximum atomic E-state index is 14.0. The molecular formula is C17H23F2N. The third kappa shape index (κ3) is 2.68. The van der Waals surface area contributed by atoms with Gasteiger partial charge in [0.2, 0.25) is 0 Å². The molecule has 1 aromatic carbocycles. The lowest BCUT2D eigenvalue weighted by molar-refractivity contribution is 0.162. The monoisotopic (exact) mass is 279 g/mol. The van der Waals surface area contributed by atoms with Gasteiger partial charge in [-0.15, -0.1) is 0 Å². The Kier molecular flexibility index (Phi) is 3.95. The van der Waals surface area contributed by atoms with Crippen LogP contribution in [0.15, 0.2) is 12.1 Å². The molecule has 1 N–H and O–H groups in total. The number of halogens is 2. The van der Waals surface area contributed by atoms with E-state index in [1.54, 1.807) is 6.92 Å². The molecule has 3 rings (SSSR count). The SMILES string of the molecule is Cc1ccc(F)c(NC2CCC3CCCCC3C2)c1F. The summed E-state index contributed by atoms with van der Waals surface area (Å²) >= 11 is 0. The highest BCUT2D eigenvalue weighted by molar-refractivity contribution is 5.49. The highest BCUT2D eigenvalue weighted by atomic mass is 19.1. The average molecular weight is 279 g/mol. The lowest BCUT2D eigenvalue weighted by Gasteiger charge is -2.39. The van der Waals surface area contributed by atoms with E-state index in [4.69, 9.17) is 0 Å². The van der Waals surface area contributed by atoms with Crippen LogP contribution >= 0.6 is 0 Å². The Morgan fingerprint density at radius 3 is 2.55 bits per heavy atom. The zero-order valence-corrected chi connectivity index (χ0v) is 12.1. The molecule has 0 saturated heterocycles. The number of hydrogen-bond acceptors (Lipinski definition) is 1. The molecule has 0 amide bonds. The van der Waals surface area contributed by atoms with Crippen molar-refractivity contribution < 1.29 is 8.78 Å². The largest absolute Gasteiger partial charge is 0.378 e. The highest BCUT2D eigenvalue weighted by Crippen LogP contribution is 2.41. The maximum absolute atomic E-state index is 14.0. The standard InChI is InChI=1S/C17H23F2N/c1-11-6-9-15(18)17(16(11)19)20-14-8-7-12-4-2-3-5-13(12)10-14/h6,9,12-14,20H,2-5,7-8,10H2,1H3. The summed E-state index contributed by atoms with van der Waals surface area (Å²) in [5, 5.41) is 3.14. The van der Waals surface area contributed by atoms with Gasteiger partial charge in [0.15, 0.2) is 5.82 Å². The third-order valence-electron chi connectivity index (χ3n) is 5.17. The first-order valence-corrected chi connectivity index (χ1v) is 7.86. The minimum Gasteiger partial charge on any atom is -0.378 e. The Hall–Kier alpha value is -1.12. The molecule has 0 aromatic heterocycles. The average Bonchev–Trinajstić information content (AvgIpc) is 2.47. The van der Waals surface area contributed by atoms with Gasteiger partial charge in [-0.25, -0.2) is 8.78 Å². The Bertz CT molecular complexity index is 486. The van der Waals surface area contributed by atoms with Crippen LogP contribution in [0.3, 0.4) is 0 Å². The molecule has 0 bridgehead atoms. The van der Waals surface area contributed by atoms with E-state index in [1.165, 1.54) is 44.2 Å². The van der Waals surface area contributed by atoms with Crippen LogP contribution in [0.4, 0.5) is 14.5 Å². The molecule has 3 atom stereocenters. The molecule has 3 unspecified atom stereocenters. The lowest BCUT2D eigenvalue weighted by atomic mass is 9.69. The van der Waals surface area contributed by atoms with Crippen LogP contribution in [0.5, 0.6) is 0 Å². The Morgan fingerprint density at radius 1 is 1.00 bits per heavy atom. The summed E-state index contributed by atoms with van der Waals surface area (Å²) in [6, 6.07) is 3.07. The van der Waals surface area contributed by atoms with Gasteiger partial charge in [0.25, 0.3) is 0 Å². The van der Waals surface area contributed by atoms with Gasteiger partial charge in [-0.2, -0.15) is 0 Å². The molecule has 110 valence electrons. The zero-order valence-electron chi connectivity index (χ0n) is 12.1. The second-order valence-electron chi connectivity index (χ2n) is 6.51. The summed E-state index contributed by atoms with van der Waals surface area (Å²) < 4.78 is 27.9. The fourth-order valence-corrected chi connectivity index (χ4v) is 4.00. The minimum absolute atomic E-state index is 0.0734. The van der Waals surface area contributed by atoms with Gasteiger partial charge < -0.3 is 5.32 Å². The summed E-state index contributed by atoms with van der Waals surface area (Å²) in [6.45, 7) is 1.68. The van der Waals surface area contributed by atoms with Gasteiger partial charge in [-0.3, -0.25) is 0 Å². The molecule has 2 fully saturated rings. The van der Waals surface area contributed by atoms with Gasteiger partial charge >= 0.3 is 0 Å². The summed E-state index contributed by atoms with van der Waals surface area (Å²) in [6.07, 6.45) is 8.64. The van der Waals surface area contributed by atoms with Crippen molar-refractivity contribution in [3.63, 3.8) is 0 Å². The van der Waals surface area contributed by atoms with Crippen LogP contribution in [0.25, 0.3) is 0 Å². The van der Waals surface area contributed by atoms with Crippen LogP contribution in [0.2, 0.25) is 0 Å². The summed E-state index contributed by atoms with van der Waals surface area (Å²) in [7, 11) is 0. The number of nitrogens with one attached hydrogen (secondary N) is 1. The van der Waals surface area contributed by atoms with Gasteiger partial charge in [-0.1, -0.05) is 31.7 Å². The Labute approximate surface area is 119 Å². The van der Waals surface area contributed by atoms with E-state index in [-0.39, 0.29) is 11.7 Å². The van der Waals surface area contributed by atoms with Gasteiger partial charge in [0.1, 0.15) is 11.5 Å². The van der Waals surface area contributed by atoms with E-state index in [0.717, 1.165) is 24.7 Å². The van der Waals surface area contributed by atoms with Gasteiger partial charge in [0, 0.05) is 6.04 Å². The predicted octanol–water partition coefficient (Wildman–Crippen LogP) is 5.04. The van der Waals surface area contributed by atoms with Crippen molar-refractivity contribution in [1.82, 2.24) is 0 Å². The fourth-order valence-electron chi connectivity index (χ4n) is 4.00. The van der Waals surface area contributed by atoms with Crippen molar-refractivity contribution in [1.29, 1.82) is 0 Å². The number of rotatable bonds is 2. The molecule has 20 heavy (non-hydrogen) atoms. The molecule has 0 heterocycles. The lowest BCUT2D eigenvalue weighted by Crippen LogP contribution is -2.34. The van der Waals surface area contributed by atoms with E-state index in [2.05, 4.69) is 5.32 Å². The number of anilines is 1. The first kappa shape index (κ1) is 13.8. The molecule has 0 radical (unpaired) electrons. The summed E-state index contributed by atoms with van der Waals surface area (Å²) in [4.78, 5) is 0. The first-order valence-electron chi connectivity index (χ1n) is 7.86. The van der Waals surface area contributed by atoms with Crippen LogP contribution in [-0.4, -0.2) is 6.04 Å². The van der Waals surface area contributed by atoms with Crippen molar-refractivity contribution >= 4 is 5.69 Å². The molecule has 1 nitrogen and oxygen atoms in total. The van der Waals surface area contributed by atoms with E-state index < -0.39 is 11.6 Å². The van der Waals surface area contributed by atoms with Crippen LogP contribution in [-0.2, 0) is 0 Å². The van der Waals surface area contributed by atoms with Crippen molar-refractivity contribution in [2.75, 3.05) is 5.32 Å². The molecule has 0 spiro atoms. The molecule has 2 aliphatic carbocycles. The number of hydrogen-bond donors (Lipinski definition) is 1. The number of fused-ring (bicyclic) bond motifs is 1. The quantitative estimate of drug-likeness (QED) is 0.799. The highest BCUT2D eigenvalue weighted by Gasteiger charge is 2.32. The van der Waals surface area contributed by atoms with Gasteiger partial charge in [-0.05, 0) is 49.7 Å². The number of benzene rings is 1. The Balaban J connectivity index is 1.71. The van der Waals surface area contributed by atoms with Crippen LogP contribution in [0.1, 0.15) is 50.5 Å². The molecular weight excluding hydrogens is 256 g/mol. The predicted molar refractivity (Wildman–Crippen MR) is 77.8 cm³/mol. The molecule has 2 saturated carbocycles. The normalized spacial score (nSPS) is 29.9.